The second-order valence-corrected chi connectivity index (χ2v) is 8.06. The molecule has 0 spiro atoms. The molecule has 2 N–H and O–H groups in total. The number of amides is 2. The van der Waals surface area contributed by atoms with E-state index in [1.54, 1.807) is 49.3 Å². The maximum absolute atomic E-state index is 15.1. The number of hydrogen-bond donors (Lipinski definition) is 2. The van der Waals surface area contributed by atoms with Crippen LogP contribution in [-0.2, 0) is 15.1 Å². The lowest BCUT2D eigenvalue weighted by molar-refractivity contribution is -0.138. The highest BCUT2D eigenvalue weighted by Crippen LogP contribution is 2.49. The molecule has 0 saturated carbocycles. The van der Waals surface area contributed by atoms with Crippen LogP contribution in [0.3, 0.4) is 0 Å². The van der Waals surface area contributed by atoms with Crippen molar-refractivity contribution in [2.75, 3.05) is 26.0 Å². The van der Waals surface area contributed by atoms with Gasteiger partial charge in [0.2, 0.25) is 5.91 Å². The second kappa shape index (κ2) is 7.09. The zero-order valence-electron chi connectivity index (χ0n) is 16.0. The minimum absolute atomic E-state index is 0.0396. The highest BCUT2D eigenvalue weighted by molar-refractivity contribution is 6.31. The summed E-state index contributed by atoms with van der Waals surface area (Å²) < 4.78 is 15.1. The van der Waals surface area contributed by atoms with Crippen molar-refractivity contribution >= 4 is 29.1 Å². The van der Waals surface area contributed by atoms with Crippen LogP contribution in [0.25, 0.3) is 0 Å². The summed E-state index contributed by atoms with van der Waals surface area (Å²) in [6.45, 7) is 0.0396. The van der Waals surface area contributed by atoms with Crippen LogP contribution in [-0.4, -0.2) is 59.5 Å². The van der Waals surface area contributed by atoms with Gasteiger partial charge in [0, 0.05) is 42.5 Å². The third-order valence-electron chi connectivity index (χ3n) is 5.65. The molecule has 2 amide bonds. The van der Waals surface area contributed by atoms with E-state index in [1.165, 1.54) is 17.0 Å². The highest BCUT2D eigenvalue weighted by Gasteiger charge is 2.59. The molecule has 152 valence electrons. The number of carbonyl (C=O) groups excluding carboxylic acids is 2. The number of halogens is 2. The number of hydrogen-bond acceptors (Lipinski definition) is 4. The number of β-amino-alcohol motifs (C(OH)–C–C–N with tert-alkyl or cyclic N) is 1. The Morgan fingerprint density at radius 1 is 1.28 bits per heavy atom. The molecule has 4 rings (SSSR count). The predicted octanol–water partition coefficient (Wildman–Crippen LogP) is 2.20. The van der Waals surface area contributed by atoms with Gasteiger partial charge in [-0.25, -0.2) is 4.39 Å². The molecule has 0 aromatic heterocycles. The SMILES string of the molecule is CN(C)C(=O)[C@@H]1C[C@@H](O)CN1C1(c2ccccc2F)C(=O)Nc2ccc(Cl)cc21. The molecule has 2 heterocycles. The largest absolute Gasteiger partial charge is 0.392 e. The van der Waals surface area contributed by atoms with Crippen LogP contribution >= 0.6 is 11.6 Å². The quantitative estimate of drug-likeness (QED) is 0.803. The molecule has 0 aliphatic carbocycles. The van der Waals surface area contributed by atoms with Crippen molar-refractivity contribution in [1.29, 1.82) is 0 Å². The molecule has 29 heavy (non-hydrogen) atoms. The summed E-state index contributed by atoms with van der Waals surface area (Å²) >= 11 is 6.23. The minimum atomic E-state index is -1.63. The van der Waals surface area contributed by atoms with E-state index in [1.807, 2.05) is 0 Å². The summed E-state index contributed by atoms with van der Waals surface area (Å²) in [6, 6.07) is 10.1. The molecule has 1 fully saturated rings. The Labute approximate surface area is 172 Å². The maximum Gasteiger partial charge on any atom is 0.254 e. The molecule has 2 aromatic rings. The third-order valence-corrected chi connectivity index (χ3v) is 5.88. The van der Waals surface area contributed by atoms with Gasteiger partial charge >= 0.3 is 0 Å². The lowest BCUT2D eigenvalue weighted by atomic mass is 9.81. The topological polar surface area (TPSA) is 72.9 Å². The second-order valence-electron chi connectivity index (χ2n) is 7.62. The predicted molar refractivity (Wildman–Crippen MR) is 107 cm³/mol. The summed E-state index contributed by atoms with van der Waals surface area (Å²) in [5.41, 5.74) is -0.547. The minimum Gasteiger partial charge on any atom is -0.392 e. The molecule has 6 nitrogen and oxygen atoms in total. The van der Waals surface area contributed by atoms with E-state index in [-0.39, 0.29) is 24.4 Å². The first-order chi connectivity index (χ1) is 13.8. The zero-order chi connectivity index (χ0) is 20.9. The lowest BCUT2D eigenvalue weighted by Gasteiger charge is -2.41. The molecule has 2 aliphatic rings. The highest BCUT2D eigenvalue weighted by atomic mass is 35.5. The summed E-state index contributed by atoms with van der Waals surface area (Å²) in [4.78, 5) is 29.4. The average molecular weight is 418 g/mol. The van der Waals surface area contributed by atoms with E-state index >= 15 is 4.39 Å². The number of likely N-dealkylation sites (tertiary alicyclic amines) is 1. The zero-order valence-corrected chi connectivity index (χ0v) is 16.8. The Hall–Kier alpha value is -2.48. The first-order valence-corrected chi connectivity index (χ1v) is 9.67. The standard InChI is InChI=1S/C21H21ClFN3O3/c1-25(2)19(28)18-10-13(27)11-26(18)21(14-5-3-4-6-16(14)23)15-9-12(22)7-8-17(15)24-20(21)29/h3-9,13,18,27H,10-11H2,1-2H3,(H,24,29)/t13-,18+,21?/m1/s1. The number of aliphatic hydroxyl groups excluding tert-OH is 1. The van der Waals surface area contributed by atoms with Gasteiger partial charge in [-0.2, -0.15) is 0 Å². The first kappa shape index (κ1) is 19.8. The van der Waals surface area contributed by atoms with Crippen LogP contribution < -0.4 is 5.32 Å². The fourth-order valence-corrected chi connectivity index (χ4v) is 4.61. The number of fused-ring (bicyclic) bond motifs is 1. The van der Waals surface area contributed by atoms with Crippen molar-refractivity contribution in [1.82, 2.24) is 9.80 Å². The number of benzene rings is 2. The summed E-state index contributed by atoms with van der Waals surface area (Å²) in [6.07, 6.45) is -0.681. The van der Waals surface area contributed by atoms with E-state index in [0.717, 1.165) is 0 Å². The monoisotopic (exact) mass is 417 g/mol. The van der Waals surface area contributed by atoms with E-state index < -0.39 is 29.4 Å². The number of likely N-dealkylation sites (N-methyl/N-ethyl adjacent to an activating group) is 1. The van der Waals surface area contributed by atoms with Gasteiger partial charge < -0.3 is 15.3 Å². The number of nitrogens with zero attached hydrogens (tertiary/aromatic N) is 2. The number of carbonyl (C=O) groups is 2. The number of rotatable bonds is 3. The van der Waals surface area contributed by atoms with Crippen molar-refractivity contribution in [2.24, 2.45) is 0 Å². The van der Waals surface area contributed by atoms with Crippen molar-refractivity contribution in [3.63, 3.8) is 0 Å². The number of anilines is 1. The van der Waals surface area contributed by atoms with Gasteiger partial charge in [0.05, 0.1) is 12.1 Å². The Kier molecular flexibility index (Phi) is 4.85. The molecular formula is C21H21ClFN3O3. The number of aliphatic hydroxyl groups is 1. The Morgan fingerprint density at radius 2 is 2.00 bits per heavy atom. The number of nitrogens with one attached hydrogen (secondary N) is 1. The van der Waals surface area contributed by atoms with Gasteiger partial charge in [-0.1, -0.05) is 29.8 Å². The molecule has 1 unspecified atom stereocenters. The van der Waals surface area contributed by atoms with Gasteiger partial charge in [0.15, 0.2) is 5.54 Å². The summed E-state index contributed by atoms with van der Waals surface area (Å²) in [5.74, 6) is -1.32. The first-order valence-electron chi connectivity index (χ1n) is 9.29. The summed E-state index contributed by atoms with van der Waals surface area (Å²) in [7, 11) is 3.22. The van der Waals surface area contributed by atoms with E-state index in [2.05, 4.69) is 5.32 Å². The van der Waals surface area contributed by atoms with Crippen LogP contribution in [0.5, 0.6) is 0 Å². The van der Waals surface area contributed by atoms with Gasteiger partial charge in [0.25, 0.3) is 5.91 Å². The molecule has 3 atom stereocenters. The Morgan fingerprint density at radius 3 is 2.69 bits per heavy atom. The molecule has 8 heteroatoms. The molecule has 0 radical (unpaired) electrons. The third kappa shape index (κ3) is 2.92. The molecule has 2 aliphatic heterocycles. The summed E-state index contributed by atoms with van der Waals surface area (Å²) in [5, 5.41) is 13.6. The van der Waals surface area contributed by atoms with Crippen molar-refractivity contribution < 1.29 is 19.1 Å². The van der Waals surface area contributed by atoms with Gasteiger partial charge in [0.1, 0.15) is 5.82 Å². The molecular weight excluding hydrogens is 397 g/mol. The fraction of sp³-hybridized carbons (Fsp3) is 0.333. The van der Waals surface area contributed by atoms with Gasteiger partial charge in [-0.15, -0.1) is 0 Å². The van der Waals surface area contributed by atoms with Crippen LogP contribution in [0.4, 0.5) is 10.1 Å². The van der Waals surface area contributed by atoms with Gasteiger partial charge in [-0.3, -0.25) is 14.5 Å². The molecule has 0 bridgehead atoms. The van der Waals surface area contributed by atoms with Crippen LogP contribution in [0.15, 0.2) is 42.5 Å². The molecule has 2 aromatic carbocycles. The molecule has 1 saturated heterocycles. The van der Waals surface area contributed by atoms with E-state index in [4.69, 9.17) is 11.6 Å². The van der Waals surface area contributed by atoms with Gasteiger partial charge in [-0.05, 0) is 30.7 Å². The van der Waals surface area contributed by atoms with Crippen LogP contribution in [0.2, 0.25) is 5.02 Å². The van der Waals surface area contributed by atoms with E-state index in [9.17, 15) is 14.7 Å². The Balaban J connectivity index is 2.02. The van der Waals surface area contributed by atoms with Crippen molar-refractivity contribution in [2.45, 2.75) is 24.1 Å². The Bertz CT molecular complexity index is 999. The smallest absolute Gasteiger partial charge is 0.254 e. The van der Waals surface area contributed by atoms with Crippen LogP contribution in [0.1, 0.15) is 17.5 Å². The average Bonchev–Trinajstić information content (AvgIpc) is 3.19. The van der Waals surface area contributed by atoms with Crippen molar-refractivity contribution in [3.8, 4) is 0 Å². The van der Waals surface area contributed by atoms with E-state index in [0.29, 0.717) is 16.3 Å². The van der Waals surface area contributed by atoms with Crippen molar-refractivity contribution in [3.05, 3.63) is 64.4 Å². The fourth-order valence-electron chi connectivity index (χ4n) is 4.44. The lowest BCUT2D eigenvalue weighted by Crippen LogP contribution is -2.57. The van der Waals surface area contributed by atoms with Crippen LogP contribution in [0, 0.1) is 5.82 Å². The normalized spacial score (nSPS) is 26.3. The maximum atomic E-state index is 15.1.